The maximum Gasteiger partial charge on any atom is 0.337 e. The molecule has 4 heterocycles. The van der Waals surface area contributed by atoms with Gasteiger partial charge in [0.2, 0.25) is 0 Å². The lowest BCUT2D eigenvalue weighted by atomic mass is 10.0. The summed E-state index contributed by atoms with van der Waals surface area (Å²) in [6.07, 6.45) is 9.84. The van der Waals surface area contributed by atoms with Crippen LogP contribution in [0.4, 0.5) is 0 Å². The Balaban J connectivity index is 0.000000146. The molecule has 16 aromatic rings. The van der Waals surface area contributed by atoms with E-state index in [4.69, 9.17) is 15.7 Å². The first-order chi connectivity index (χ1) is 60.3. The molecule has 0 saturated heterocycles. The van der Waals surface area contributed by atoms with Crippen molar-refractivity contribution >= 4 is 111 Å². The van der Waals surface area contributed by atoms with Crippen molar-refractivity contribution in [2.45, 2.75) is 97.1 Å². The standard InChI is InChI=1S/C26H24N2O3S.C26H24N2O2S.C26H24N2OS.C17H13NO2S.C9H13N/c1-3-21(18-12-6-4-7-13-18)28-26(29)23-20-16-10-11-17-22(20)27-24(25(23)32(2,30)31)19-14-8-5-9-15-19;1-3-21(18-12-6-4-7-13-18)28-26(29)23-20-16-10-11-17-22(20)27-24(25(23)31(2)30)19-14-8-5-9-15-19;1-3-21(18-12-6-4-7-13-18)28-26(29)23-20-16-10-11-17-22(20)27-24(25(23)30-2)19-14-8-5-9-15-19;1-21-16-14(17(19)20)12-9-5-6-10-13(12)18-15(16)11-7-3-2-4-8-11;1-2-9(10)8-6-4-3-5-7-8/h4-17,21H,3H2,1-2H3,(H,28,29);4-17,21H,3H2,1-2H3,(H,28,29);4-17,21H,3H2,1-2H3,(H,28,29);2-10H,1H3,(H,19,20);3-7,9H,2,10H2,1H3/t21-;21-,31?;21-;;9-/m000.0/s1. The summed E-state index contributed by atoms with van der Waals surface area (Å²) in [5.74, 6) is -1.66. The predicted octanol–water partition coefficient (Wildman–Crippen LogP) is 23.6. The number of rotatable bonds is 23. The highest BCUT2D eigenvalue weighted by Gasteiger charge is 2.31. The van der Waals surface area contributed by atoms with Crippen molar-refractivity contribution < 1.29 is 36.9 Å². The summed E-state index contributed by atoms with van der Waals surface area (Å²) >= 11 is 2.98. The van der Waals surface area contributed by atoms with E-state index in [1.165, 1.54) is 17.3 Å². The molecule has 0 aliphatic carbocycles. The third-order valence-electron chi connectivity index (χ3n) is 21.0. The van der Waals surface area contributed by atoms with E-state index in [1.807, 2.05) is 305 Å². The second kappa shape index (κ2) is 43.6. The van der Waals surface area contributed by atoms with Crippen LogP contribution in [0, 0.1) is 0 Å². The van der Waals surface area contributed by atoms with E-state index in [1.54, 1.807) is 54.4 Å². The number of carboxylic acid groups (broad SMARTS) is 1. The Morgan fingerprint density at radius 2 is 0.613 bits per heavy atom. The van der Waals surface area contributed by atoms with Crippen molar-refractivity contribution in [2.75, 3.05) is 25.0 Å². The van der Waals surface area contributed by atoms with Gasteiger partial charge in [0.05, 0.1) is 101 Å². The number of carboxylic acids is 1. The SMILES string of the molecule is CC[C@H](N)c1ccccc1.CC[C@H](NC(=O)c1c(S(C)(=O)=O)c(-c2ccccc2)nc2ccccc12)c1ccccc1.CC[C@H](NC(=O)c1c(S(C)=O)c(-c2ccccc2)nc2ccccc12)c1ccccc1.CC[C@H](NC(=O)c1c(SC)c(-c2ccccc2)nc2ccccc12)c1ccccc1.CSc1c(-c2ccccc2)nc2ccccc2c1C(=O)O. The number of carbonyl (C=O) groups is 4. The number of nitrogens with two attached hydrogens (primary N) is 1. The number of pyridine rings is 4. The van der Waals surface area contributed by atoms with Gasteiger partial charge in [-0.3, -0.25) is 18.6 Å². The Morgan fingerprint density at radius 3 is 0.935 bits per heavy atom. The lowest BCUT2D eigenvalue weighted by Gasteiger charge is -2.20. The van der Waals surface area contributed by atoms with Crippen LogP contribution in [0.15, 0.2) is 359 Å². The van der Waals surface area contributed by atoms with E-state index in [0.29, 0.717) is 76.9 Å². The molecule has 1 unspecified atom stereocenters. The van der Waals surface area contributed by atoms with Crippen LogP contribution >= 0.6 is 23.5 Å². The molecule has 0 bridgehead atoms. The molecule has 0 fully saturated rings. The summed E-state index contributed by atoms with van der Waals surface area (Å²) in [6, 6.07) is 108. The van der Waals surface area contributed by atoms with Crippen LogP contribution in [-0.2, 0) is 20.6 Å². The van der Waals surface area contributed by atoms with Gasteiger partial charge in [0.15, 0.2) is 9.84 Å². The topological polar surface area (TPSA) is 253 Å². The van der Waals surface area contributed by atoms with Crippen LogP contribution in [0.1, 0.15) is 141 Å². The number of hydrogen-bond acceptors (Lipinski definition) is 14. The minimum Gasteiger partial charge on any atom is -0.478 e. The number of thioether (sulfide) groups is 2. The minimum absolute atomic E-state index is 0.0412. The first kappa shape index (κ1) is 90.2. The average Bonchev–Trinajstić information content (AvgIpc) is 0.749. The molecular weight excluding hydrogens is 1620 g/mol. The molecule has 0 radical (unpaired) electrons. The quantitative estimate of drug-likeness (QED) is 0.0373. The Labute approximate surface area is 736 Å². The molecule has 124 heavy (non-hydrogen) atoms. The molecule has 4 aromatic heterocycles. The number of benzene rings is 12. The predicted molar refractivity (Wildman–Crippen MR) is 509 cm³/mol. The molecule has 0 aliphatic rings. The Morgan fingerprint density at radius 1 is 0.355 bits per heavy atom. The van der Waals surface area contributed by atoms with Crippen LogP contribution in [0.5, 0.6) is 0 Å². The molecular formula is C104H98N8O8S4. The van der Waals surface area contributed by atoms with Crippen LogP contribution in [0.2, 0.25) is 0 Å². The number of carbonyl (C=O) groups excluding carboxylic acids is 3. The fourth-order valence-corrected chi connectivity index (χ4v) is 18.4. The first-order valence-electron chi connectivity index (χ1n) is 40.9. The van der Waals surface area contributed by atoms with Crippen molar-refractivity contribution in [2.24, 2.45) is 5.73 Å². The maximum atomic E-state index is 13.6. The molecule has 3 amide bonds. The maximum absolute atomic E-state index is 13.6. The van der Waals surface area contributed by atoms with Crippen molar-refractivity contribution in [3.8, 4) is 45.0 Å². The van der Waals surface area contributed by atoms with Crippen LogP contribution < -0.4 is 21.7 Å². The van der Waals surface area contributed by atoms with Gasteiger partial charge in [-0.05, 0) is 84.7 Å². The highest BCUT2D eigenvalue weighted by molar-refractivity contribution is 7.99. The molecule has 626 valence electrons. The highest BCUT2D eigenvalue weighted by Crippen LogP contribution is 2.41. The largest absolute Gasteiger partial charge is 0.478 e. The lowest BCUT2D eigenvalue weighted by Crippen LogP contribution is -2.30. The molecule has 20 heteroatoms. The number of amides is 3. The minimum atomic E-state index is -3.78. The van der Waals surface area contributed by atoms with Crippen molar-refractivity contribution in [1.82, 2.24) is 35.9 Å². The van der Waals surface area contributed by atoms with E-state index < -0.39 is 32.5 Å². The van der Waals surface area contributed by atoms with E-state index >= 15 is 0 Å². The number of sulfone groups is 1. The van der Waals surface area contributed by atoms with E-state index in [2.05, 4.69) is 64.0 Å². The van der Waals surface area contributed by atoms with Gasteiger partial charge in [0, 0.05) is 72.1 Å². The Kier molecular flexibility index (Phi) is 31.7. The number of aromatic nitrogens is 4. The summed E-state index contributed by atoms with van der Waals surface area (Å²) in [6.45, 7) is 8.21. The van der Waals surface area contributed by atoms with Crippen LogP contribution in [-0.4, -0.2) is 86.4 Å². The number of fused-ring (bicyclic) bond motifs is 4. The fraction of sp³-hybridized carbons (Fsp3) is 0.154. The molecule has 16 rings (SSSR count). The van der Waals surface area contributed by atoms with Gasteiger partial charge >= 0.3 is 5.97 Å². The number of nitrogens with zero attached hydrogens (tertiary/aromatic N) is 4. The second-order valence-corrected chi connectivity index (χ2v) is 34.0. The summed E-state index contributed by atoms with van der Waals surface area (Å²) < 4.78 is 38.9. The smallest absolute Gasteiger partial charge is 0.337 e. The molecule has 0 aliphatic heterocycles. The van der Waals surface area contributed by atoms with Gasteiger partial charge in [-0.25, -0.2) is 33.1 Å². The summed E-state index contributed by atoms with van der Waals surface area (Å²) in [7, 11) is -5.19. The Hall–Kier alpha value is -13.1. The van der Waals surface area contributed by atoms with Crippen LogP contribution in [0.25, 0.3) is 88.6 Å². The second-order valence-electron chi connectivity index (χ2n) is 29.1. The third kappa shape index (κ3) is 21.9. The number of para-hydroxylation sites is 4. The van der Waals surface area contributed by atoms with Crippen molar-refractivity contribution in [3.05, 3.63) is 384 Å². The van der Waals surface area contributed by atoms with Gasteiger partial charge in [-0.15, -0.1) is 23.5 Å². The lowest BCUT2D eigenvalue weighted by molar-refractivity contribution is 0.0694. The highest BCUT2D eigenvalue weighted by atomic mass is 32.2. The summed E-state index contributed by atoms with van der Waals surface area (Å²) in [4.78, 5) is 73.7. The number of aromatic carboxylic acids is 1. The van der Waals surface area contributed by atoms with E-state index in [-0.39, 0.29) is 52.1 Å². The molecule has 0 spiro atoms. The first-order valence-corrected chi connectivity index (χ1v) is 46.8. The molecule has 12 aromatic carbocycles. The molecule has 6 N–H and O–H groups in total. The van der Waals surface area contributed by atoms with Crippen LogP contribution in [0.3, 0.4) is 0 Å². The van der Waals surface area contributed by atoms with Crippen molar-refractivity contribution in [3.63, 3.8) is 0 Å². The Bertz CT molecular complexity index is 6490. The number of nitrogens with one attached hydrogen (secondary N) is 3. The molecule has 5 atom stereocenters. The fourth-order valence-electron chi connectivity index (χ4n) is 14.8. The molecule has 16 nitrogen and oxygen atoms in total. The van der Waals surface area contributed by atoms with Gasteiger partial charge in [-0.1, -0.05) is 343 Å². The number of hydrogen-bond donors (Lipinski definition) is 5. The van der Waals surface area contributed by atoms with Gasteiger partial charge in [-0.2, -0.15) is 0 Å². The average molecular weight is 1720 g/mol. The zero-order valence-electron chi connectivity index (χ0n) is 70.3. The van der Waals surface area contributed by atoms with E-state index in [0.717, 1.165) is 86.1 Å². The third-order valence-corrected chi connectivity index (χ3v) is 24.7. The summed E-state index contributed by atoms with van der Waals surface area (Å²) in [5.41, 5.74) is 20.4. The summed E-state index contributed by atoms with van der Waals surface area (Å²) in [5, 5.41) is 21.9. The zero-order valence-corrected chi connectivity index (χ0v) is 73.5. The van der Waals surface area contributed by atoms with Gasteiger partial charge in [0.25, 0.3) is 17.7 Å². The zero-order chi connectivity index (χ0) is 87.7. The monoisotopic (exact) mass is 1710 g/mol. The van der Waals surface area contributed by atoms with Crippen molar-refractivity contribution in [1.29, 1.82) is 0 Å². The van der Waals surface area contributed by atoms with E-state index in [9.17, 15) is 36.9 Å². The normalized spacial score (nSPS) is 12.2. The van der Waals surface area contributed by atoms with Gasteiger partial charge < -0.3 is 26.8 Å². The molecule has 0 saturated carbocycles. The van der Waals surface area contributed by atoms with Gasteiger partial charge in [0.1, 0.15) is 4.90 Å².